The van der Waals surface area contributed by atoms with Crippen LogP contribution in [0, 0.1) is 0 Å². The summed E-state index contributed by atoms with van der Waals surface area (Å²) in [6.45, 7) is 3.24. The van der Waals surface area contributed by atoms with Crippen LogP contribution in [0.3, 0.4) is 0 Å². The fourth-order valence-electron chi connectivity index (χ4n) is 0.363. The van der Waals surface area contributed by atoms with Crippen molar-refractivity contribution < 1.29 is 17.9 Å². The third-order valence-corrected chi connectivity index (χ3v) is 1.29. The summed E-state index contributed by atoms with van der Waals surface area (Å²) in [7, 11) is -2.17. The number of esters is 1. The Hall–Kier alpha value is -1.10. The van der Waals surface area contributed by atoms with Crippen molar-refractivity contribution in [2.45, 2.75) is 6.42 Å². The molecule has 62 valence electrons. The molecule has 0 aliphatic rings. The van der Waals surface area contributed by atoms with Gasteiger partial charge in [0.05, 0.1) is 6.61 Å². The summed E-state index contributed by atoms with van der Waals surface area (Å²) >= 11 is 0. The second kappa shape index (κ2) is 5.67. The molecule has 0 aliphatic carbocycles. The molecule has 0 aliphatic heterocycles. The second-order valence-electron chi connectivity index (χ2n) is 1.59. The largest absolute Gasteiger partial charge is 0.462 e. The molecule has 0 amide bonds. The van der Waals surface area contributed by atoms with Gasteiger partial charge in [0.25, 0.3) is 0 Å². The van der Waals surface area contributed by atoms with Crippen LogP contribution in [0.4, 0.5) is 0 Å². The van der Waals surface area contributed by atoms with Crippen LogP contribution in [-0.4, -0.2) is 26.4 Å². The predicted molar refractivity (Wildman–Crippen MR) is 40.8 cm³/mol. The van der Waals surface area contributed by atoms with Crippen LogP contribution < -0.4 is 0 Å². The maximum Gasteiger partial charge on any atom is 0.330 e. The van der Waals surface area contributed by atoms with Gasteiger partial charge in [-0.3, -0.25) is 0 Å². The smallest absolute Gasteiger partial charge is 0.330 e. The summed E-state index contributed by atoms with van der Waals surface area (Å²) in [6.07, 6.45) is 1.23. The second-order valence-corrected chi connectivity index (χ2v) is 2.44. The van der Waals surface area contributed by atoms with Gasteiger partial charge in [-0.25, -0.2) is 4.79 Å². The van der Waals surface area contributed by atoms with E-state index in [2.05, 4.69) is 11.3 Å². The number of carbonyl (C=O) groups excluding carboxylic acids is 1. The van der Waals surface area contributed by atoms with E-state index in [-0.39, 0.29) is 13.0 Å². The van der Waals surface area contributed by atoms with Crippen LogP contribution in [0.15, 0.2) is 12.7 Å². The van der Waals surface area contributed by atoms with E-state index in [1.807, 2.05) is 0 Å². The molecule has 0 radical (unpaired) electrons. The van der Waals surface area contributed by atoms with Crippen molar-refractivity contribution in [1.29, 1.82) is 0 Å². The Morgan fingerprint density at radius 2 is 2.18 bits per heavy atom. The lowest BCUT2D eigenvalue weighted by atomic mass is 10.5. The van der Waals surface area contributed by atoms with Gasteiger partial charge >= 0.3 is 5.97 Å². The van der Waals surface area contributed by atoms with Gasteiger partial charge in [-0.05, 0) is 0 Å². The van der Waals surface area contributed by atoms with E-state index in [0.717, 1.165) is 11.4 Å². The Bertz CT molecular complexity index is 254. The average Bonchev–Trinajstić information content (AvgIpc) is 1.97. The van der Waals surface area contributed by atoms with Crippen molar-refractivity contribution in [2.24, 2.45) is 0 Å². The Kier molecular flexibility index (Phi) is 5.10. The van der Waals surface area contributed by atoms with E-state index in [0.29, 0.717) is 0 Å². The van der Waals surface area contributed by atoms with Crippen molar-refractivity contribution in [2.75, 3.05) is 6.61 Å². The molecule has 0 fully saturated rings. The van der Waals surface area contributed by atoms with Gasteiger partial charge in [-0.1, -0.05) is 6.58 Å². The van der Waals surface area contributed by atoms with E-state index in [4.69, 9.17) is 0 Å². The minimum Gasteiger partial charge on any atom is -0.462 e. The molecule has 0 N–H and O–H groups in total. The molecule has 0 heterocycles. The van der Waals surface area contributed by atoms with Gasteiger partial charge in [0.2, 0.25) is 10.3 Å². The molecule has 0 aromatic heterocycles. The first kappa shape index (κ1) is 9.90. The summed E-state index contributed by atoms with van der Waals surface area (Å²) < 4.78 is 24.3. The Labute approximate surface area is 66.0 Å². The van der Waals surface area contributed by atoms with Gasteiger partial charge in [0.1, 0.15) is 0 Å². The van der Waals surface area contributed by atoms with E-state index in [9.17, 15) is 13.2 Å². The average molecular weight is 176 g/mol. The third kappa shape index (κ3) is 6.79. The maximum atomic E-state index is 10.3. The molecule has 11 heavy (non-hydrogen) atoms. The van der Waals surface area contributed by atoms with Crippen LogP contribution in [0.25, 0.3) is 0 Å². The van der Waals surface area contributed by atoms with E-state index in [1.165, 1.54) is 0 Å². The Morgan fingerprint density at radius 1 is 1.55 bits per heavy atom. The molecular weight excluding hydrogens is 168 g/mol. The number of rotatable bonds is 4. The zero-order chi connectivity index (χ0) is 8.69. The SMILES string of the molecule is C=CC(=O)OCCC=S(=O)=O. The number of ether oxygens (including phenoxy) is 1. The zero-order valence-corrected chi connectivity index (χ0v) is 6.63. The van der Waals surface area contributed by atoms with Gasteiger partial charge in [-0.2, -0.15) is 8.42 Å². The number of carbonyl (C=O) groups is 1. The molecule has 4 nitrogen and oxygen atoms in total. The minimum absolute atomic E-state index is 0.0683. The van der Waals surface area contributed by atoms with Crippen molar-refractivity contribution in [3.63, 3.8) is 0 Å². The molecular formula is C6H8O4S. The fourth-order valence-corrected chi connectivity index (χ4v) is 0.651. The summed E-state index contributed by atoms with van der Waals surface area (Å²) in [5, 5.41) is 1.02. The molecule has 5 heteroatoms. The Morgan fingerprint density at radius 3 is 2.64 bits per heavy atom. The number of hydrogen-bond acceptors (Lipinski definition) is 4. The summed E-state index contributed by atoms with van der Waals surface area (Å²) in [5.74, 6) is -0.546. The lowest BCUT2D eigenvalue weighted by Crippen LogP contribution is -2.01. The quantitative estimate of drug-likeness (QED) is 0.257. The third-order valence-electron chi connectivity index (χ3n) is 0.783. The molecule has 0 rings (SSSR count). The summed E-state index contributed by atoms with van der Waals surface area (Å²) in [5.41, 5.74) is 0. The van der Waals surface area contributed by atoms with Crippen molar-refractivity contribution in [1.82, 2.24) is 0 Å². The Balaban J connectivity index is 3.51. The van der Waals surface area contributed by atoms with Crippen LogP contribution in [-0.2, 0) is 19.8 Å². The van der Waals surface area contributed by atoms with Crippen molar-refractivity contribution in [3.05, 3.63) is 12.7 Å². The molecule has 0 aromatic carbocycles. The highest BCUT2D eigenvalue weighted by molar-refractivity contribution is 7.71. The minimum atomic E-state index is -2.17. The number of hydrogen-bond donors (Lipinski definition) is 0. The molecule has 0 atom stereocenters. The lowest BCUT2D eigenvalue weighted by molar-refractivity contribution is -0.137. The van der Waals surface area contributed by atoms with Crippen LogP contribution in [0.5, 0.6) is 0 Å². The maximum absolute atomic E-state index is 10.3. The first-order chi connectivity index (χ1) is 5.16. The van der Waals surface area contributed by atoms with Crippen LogP contribution in [0.1, 0.15) is 6.42 Å². The molecule has 0 spiro atoms. The summed E-state index contributed by atoms with van der Waals surface area (Å²) in [4.78, 5) is 10.3. The predicted octanol–water partition coefficient (Wildman–Crippen LogP) is -0.213. The van der Waals surface area contributed by atoms with Crippen molar-refractivity contribution >= 4 is 21.6 Å². The van der Waals surface area contributed by atoms with Gasteiger partial charge in [0, 0.05) is 17.9 Å². The monoisotopic (exact) mass is 176 g/mol. The van der Waals surface area contributed by atoms with Crippen LogP contribution in [0.2, 0.25) is 0 Å². The molecule has 0 aromatic rings. The first-order valence-corrected chi connectivity index (χ1v) is 4.01. The highest BCUT2D eigenvalue weighted by atomic mass is 32.2. The standard InChI is InChI=1S/C6H8O4S/c1-2-6(7)10-4-3-5-11(8)9/h2,5H,1,3-4H2. The lowest BCUT2D eigenvalue weighted by Gasteiger charge is -1.95. The highest BCUT2D eigenvalue weighted by Crippen LogP contribution is 1.80. The topological polar surface area (TPSA) is 60.4 Å². The highest BCUT2D eigenvalue weighted by Gasteiger charge is 1.91. The van der Waals surface area contributed by atoms with Crippen molar-refractivity contribution in [3.8, 4) is 0 Å². The van der Waals surface area contributed by atoms with E-state index in [1.54, 1.807) is 0 Å². The van der Waals surface area contributed by atoms with Gasteiger partial charge in [0.15, 0.2) is 0 Å². The van der Waals surface area contributed by atoms with E-state index >= 15 is 0 Å². The van der Waals surface area contributed by atoms with Gasteiger partial charge < -0.3 is 4.74 Å². The summed E-state index contributed by atoms with van der Waals surface area (Å²) in [6, 6.07) is 0. The zero-order valence-electron chi connectivity index (χ0n) is 5.82. The van der Waals surface area contributed by atoms with Crippen LogP contribution >= 0.6 is 0 Å². The van der Waals surface area contributed by atoms with E-state index < -0.39 is 16.3 Å². The normalized spacial score (nSPS) is 8.36. The molecule has 0 saturated heterocycles. The molecule has 0 saturated carbocycles. The van der Waals surface area contributed by atoms with Gasteiger partial charge in [-0.15, -0.1) is 0 Å². The first-order valence-electron chi connectivity index (χ1n) is 2.87. The molecule has 0 bridgehead atoms. The molecule has 0 unspecified atom stereocenters. The fraction of sp³-hybridized carbons (Fsp3) is 0.333.